The van der Waals surface area contributed by atoms with Gasteiger partial charge in [0.1, 0.15) is 5.82 Å². The van der Waals surface area contributed by atoms with Crippen LogP contribution in [-0.4, -0.2) is 20.7 Å². The van der Waals surface area contributed by atoms with Crippen LogP contribution in [0.1, 0.15) is 15.9 Å². The van der Waals surface area contributed by atoms with Crippen molar-refractivity contribution in [2.24, 2.45) is 7.05 Å². The summed E-state index contributed by atoms with van der Waals surface area (Å²) in [7, 11) is 1.84. The third kappa shape index (κ3) is 3.42. The number of nitrogens with zero attached hydrogens (tertiary/aromatic N) is 3. The fraction of sp³-hybridized carbons (Fsp3) is 0.118. The Balaban J connectivity index is 1.65. The van der Waals surface area contributed by atoms with Gasteiger partial charge >= 0.3 is 0 Å². The molecule has 0 aliphatic carbocycles. The highest BCUT2D eigenvalue weighted by Crippen LogP contribution is 2.15. The first-order valence-electron chi connectivity index (χ1n) is 7.10. The number of benzene rings is 1. The molecule has 0 bridgehead atoms. The maximum absolute atomic E-state index is 13.5. The third-order valence-electron chi connectivity index (χ3n) is 3.40. The molecule has 0 fully saturated rings. The fourth-order valence-corrected chi connectivity index (χ4v) is 2.18. The molecule has 0 aliphatic rings. The second-order valence-corrected chi connectivity index (χ2v) is 5.12. The van der Waals surface area contributed by atoms with Gasteiger partial charge in [-0.05, 0) is 23.8 Å². The Morgan fingerprint density at radius 1 is 1.22 bits per heavy atom. The van der Waals surface area contributed by atoms with E-state index in [1.54, 1.807) is 29.2 Å². The van der Waals surface area contributed by atoms with Gasteiger partial charge < -0.3 is 5.32 Å². The molecule has 0 aliphatic heterocycles. The molecular weight excluding hydrogens is 295 g/mol. The number of amides is 1. The van der Waals surface area contributed by atoms with Crippen LogP contribution >= 0.6 is 0 Å². The number of carbonyl (C=O) groups is 1. The monoisotopic (exact) mass is 310 g/mol. The summed E-state index contributed by atoms with van der Waals surface area (Å²) in [5, 5.41) is 6.78. The standard InChI is InChI=1S/C17H15FN4O/c1-22-11-13(10-21-22)16-7-6-12(8-19-16)9-20-17(23)14-4-2-3-5-15(14)18/h2-8,10-11H,9H2,1H3,(H,20,23). The summed E-state index contributed by atoms with van der Waals surface area (Å²) in [6.45, 7) is 0.285. The Hall–Kier alpha value is -3.02. The summed E-state index contributed by atoms with van der Waals surface area (Å²) in [6, 6.07) is 9.63. The molecule has 3 aromatic rings. The number of halogens is 1. The van der Waals surface area contributed by atoms with Crippen LogP contribution in [0, 0.1) is 5.82 Å². The summed E-state index contributed by atoms with van der Waals surface area (Å²) < 4.78 is 15.2. The molecule has 0 atom stereocenters. The van der Waals surface area contributed by atoms with E-state index in [9.17, 15) is 9.18 Å². The van der Waals surface area contributed by atoms with E-state index in [2.05, 4.69) is 15.4 Å². The average Bonchev–Trinajstić information content (AvgIpc) is 3.00. The van der Waals surface area contributed by atoms with Crippen molar-refractivity contribution in [2.45, 2.75) is 6.54 Å². The van der Waals surface area contributed by atoms with Gasteiger partial charge in [-0.2, -0.15) is 5.10 Å². The van der Waals surface area contributed by atoms with Crippen molar-refractivity contribution in [3.63, 3.8) is 0 Å². The Bertz CT molecular complexity index is 827. The largest absolute Gasteiger partial charge is 0.348 e. The molecular formula is C17H15FN4O. The minimum absolute atomic E-state index is 0.0347. The van der Waals surface area contributed by atoms with Gasteiger partial charge in [-0.15, -0.1) is 0 Å². The highest BCUT2D eigenvalue weighted by molar-refractivity contribution is 5.94. The lowest BCUT2D eigenvalue weighted by molar-refractivity contribution is 0.0947. The van der Waals surface area contributed by atoms with Crippen molar-refractivity contribution in [2.75, 3.05) is 0 Å². The highest BCUT2D eigenvalue weighted by atomic mass is 19.1. The lowest BCUT2D eigenvalue weighted by atomic mass is 10.2. The Kier molecular flexibility index (Phi) is 4.14. The van der Waals surface area contributed by atoms with Crippen LogP contribution in [0.2, 0.25) is 0 Å². The van der Waals surface area contributed by atoms with E-state index in [-0.39, 0.29) is 12.1 Å². The molecule has 6 heteroatoms. The molecule has 1 aromatic carbocycles. The smallest absolute Gasteiger partial charge is 0.254 e. The van der Waals surface area contributed by atoms with Crippen LogP contribution in [0.5, 0.6) is 0 Å². The number of rotatable bonds is 4. The van der Waals surface area contributed by atoms with Crippen LogP contribution in [0.4, 0.5) is 4.39 Å². The number of aromatic nitrogens is 3. The van der Waals surface area contributed by atoms with Gasteiger partial charge in [-0.3, -0.25) is 14.5 Å². The van der Waals surface area contributed by atoms with Gasteiger partial charge in [-0.25, -0.2) is 4.39 Å². The zero-order valence-corrected chi connectivity index (χ0v) is 12.5. The van der Waals surface area contributed by atoms with Crippen molar-refractivity contribution in [3.05, 3.63) is 71.9 Å². The zero-order valence-electron chi connectivity index (χ0n) is 12.5. The van der Waals surface area contributed by atoms with E-state index in [1.165, 1.54) is 12.1 Å². The second kappa shape index (κ2) is 6.39. The molecule has 2 heterocycles. The first-order valence-corrected chi connectivity index (χ1v) is 7.10. The Labute approximate surface area is 132 Å². The summed E-state index contributed by atoms with van der Waals surface area (Å²) >= 11 is 0. The molecule has 0 radical (unpaired) electrons. The lowest BCUT2D eigenvalue weighted by Crippen LogP contribution is -2.23. The predicted molar refractivity (Wildman–Crippen MR) is 84.0 cm³/mol. The summed E-state index contributed by atoms with van der Waals surface area (Å²) in [5.74, 6) is -0.977. The lowest BCUT2D eigenvalue weighted by Gasteiger charge is -2.06. The van der Waals surface area contributed by atoms with Crippen molar-refractivity contribution < 1.29 is 9.18 Å². The summed E-state index contributed by atoms with van der Waals surface area (Å²) in [4.78, 5) is 16.3. The SMILES string of the molecule is Cn1cc(-c2ccc(CNC(=O)c3ccccc3F)cn2)cn1. The maximum atomic E-state index is 13.5. The number of aryl methyl sites for hydroxylation is 1. The van der Waals surface area contributed by atoms with Gasteiger partial charge in [0, 0.05) is 31.5 Å². The molecule has 5 nitrogen and oxygen atoms in total. The van der Waals surface area contributed by atoms with E-state index in [1.807, 2.05) is 25.4 Å². The molecule has 0 spiro atoms. The van der Waals surface area contributed by atoms with Crippen molar-refractivity contribution in [1.82, 2.24) is 20.1 Å². The summed E-state index contributed by atoms with van der Waals surface area (Å²) in [6.07, 6.45) is 5.30. The number of hydrogen-bond donors (Lipinski definition) is 1. The second-order valence-electron chi connectivity index (χ2n) is 5.12. The van der Waals surface area contributed by atoms with E-state index < -0.39 is 11.7 Å². The quantitative estimate of drug-likeness (QED) is 0.805. The van der Waals surface area contributed by atoms with E-state index >= 15 is 0 Å². The number of hydrogen-bond acceptors (Lipinski definition) is 3. The number of carbonyl (C=O) groups excluding carboxylic acids is 1. The molecule has 1 N–H and O–H groups in total. The van der Waals surface area contributed by atoms with Crippen LogP contribution in [-0.2, 0) is 13.6 Å². The van der Waals surface area contributed by atoms with Gasteiger partial charge in [0.15, 0.2) is 0 Å². The minimum atomic E-state index is -0.532. The highest BCUT2D eigenvalue weighted by Gasteiger charge is 2.10. The number of nitrogens with one attached hydrogen (secondary N) is 1. The molecule has 1 amide bonds. The maximum Gasteiger partial charge on any atom is 0.254 e. The molecule has 23 heavy (non-hydrogen) atoms. The molecule has 0 unspecified atom stereocenters. The fourth-order valence-electron chi connectivity index (χ4n) is 2.18. The van der Waals surface area contributed by atoms with Crippen LogP contribution in [0.15, 0.2) is 55.0 Å². The Morgan fingerprint density at radius 3 is 2.70 bits per heavy atom. The van der Waals surface area contributed by atoms with Gasteiger partial charge in [0.05, 0.1) is 17.5 Å². The first-order chi connectivity index (χ1) is 11.1. The van der Waals surface area contributed by atoms with E-state index in [0.29, 0.717) is 0 Å². The van der Waals surface area contributed by atoms with Crippen LogP contribution in [0.3, 0.4) is 0 Å². The van der Waals surface area contributed by atoms with Gasteiger partial charge in [-0.1, -0.05) is 18.2 Å². The molecule has 2 aromatic heterocycles. The summed E-state index contributed by atoms with van der Waals surface area (Å²) in [5.41, 5.74) is 2.60. The molecule has 116 valence electrons. The zero-order chi connectivity index (χ0) is 16.2. The van der Waals surface area contributed by atoms with E-state index in [4.69, 9.17) is 0 Å². The van der Waals surface area contributed by atoms with E-state index in [0.717, 1.165) is 16.8 Å². The third-order valence-corrected chi connectivity index (χ3v) is 3.40. The predicted octanol–water partition coefficient (Wildman–Crippen LogP) is 2.55. The van der Waals surface area contributed by atoms with Gasteiger partial charge in [0.25, 0.3) is 5.91 Å². The molecule has 3 rings (SSSR count). The topological polar surface area (TPSA) is 59.8 Å². The first kappa shape index (κ1) is 14.9. The molecule has 0 saturated heterocycles. The molecule has 0 saturated carbocycles. The van der Waals surface area contributed by atoms with Crippen molar-refractivity contribution >= 4 is 5.91 Å². The van der Waals surface area contributed by atoms with Gasteiger partial charge in [0.2, 0.25) is 0 Å². The van der Waals surface area contributed by atoms with Crippen molar-refractivity contribution in [1.29, 1.82) is 0 Å². The van der Waals surface area contributed by atoms with Crippen LogP contribution in [0.25, 0.3) is 11.3 Å². The Morgan fingerprint density at radius 2 is 2.04 bits per heavy atom. The number of pyridine rings is 1. The normalized spacial score (nSPS) is 10.5. The average molecular weight is 310 g/mol. The van der Waals surface area contributed by atoms with Crippen molar-refractivity contribution in [3.8, 4) is 11.3 Å². The van der Waals surface area contributed by atoms with Crippen LogP contribution < -0.4 is 5.32 Å². The minimum Gasteiger partial charge on any atom is -0.348 e.